The number of hydrogen-bond acceptors (Lipinski definition) is 2. The van der Waals surface area contributed by atoms with Crippen LogP contribution in [0.15, 0.2) is 11.8 Å². The molecule has 0 aliphatic carbocycles. The van der Waals surface area contributed by atoms with Crippen LogP contribution in [0.3, 0.4) is 0 Å². The maximum absolute atomic E-state index is 10.2. The second-order valence-corrected chi connectivity index (χ2v) is 1.30. The zero-order valence-corrected chi connectivity index (χ0v) is 4.56. The summed E-state index contributed by atoms with van der Waals surface area (Å²) in [6.07, 6.45) is 1.59. The maximum atomic E-state index is 10.2. The first kappa shape index (κ1) is 6.21. The average molecular weight is 99.1 g/mol. The standard InChI is InChI=1S/C5H9NO/c1-3-5(6)4(2)7/h3H,6H2,1-2H3/b5-3+. The zero-order valence-electron chi connectivity index (χ0n) is 4.56. The SMILES string of the molecule is C/C=C(/N)C(C)=O. The van der Waals surface area contributed by atoms with E-state index in [9.17, 15) is 4.79 Å². The van der Waals surface area contributed by atoms with E-state index in [1.165, 1.54) is 6.92 Å². The number of ketones is 1. The molecule has 0 saturated heterocycles. The Balaban J connectivity index is 3.82. The predicted octanol–water partition coefficient (Wildman–Crippen LogP) is 0.438. The lowest BCUT2D eigenvalue weighted by atomic mass is 10.3. The van der Waals surface area contributed by atoms with Gasteiger partial charge >= 0.3 is 0 Å². The molecule has 0 spiro atoms. The maximum Gasteiger partial charge on any atom is 0.175 e. The molecule has 40 valence electrons. The van der Waals surface area contributed by atoms with Crippen LogP contribution in [0.5, 0.6) is 0 Å². The van der Waals surface area contributed by atoms with Crippen molar-refractivity contribution in [3.05, 3.63) is 11.8 Å². The van der Waals surface area contributed by atoms with Gasteiger partial charge in [-0.05, 0) is 6.92 Å². The van der Waals surface area contributed by atoms with Crippen molar-refractivity contribution in [3.63, 3.8) is 0 Å². The van der Waals surface area contributed by atoms with Crippen LogP contribution in [0.2, 0.25) is 0 Å². The number of carbonyl (C=O) groups excluding carboxylic acids is 1. The topological polar surface area (TPSA) is 43.1 Å². The first-order valence-corrected chi connectivity index (χ1v) is 2.11. The molecule has 0 aromatic rings. The average Bonchev–Trinajstić information content (AvgIpc) is 1.65. The molecule has 0 rings (SSSR count). The molecule has 0 radical (unpaired) electrons. The van der Waals surface area contributed by atoms with Gasteiger partial charge in [0.25, 0.3) is 0 Å². The van der Waals surface area contributed by atoms with Crippen LogP contribution < -0.4 is 5.73 Å². The Morgan fingerprint density at radius 3 is 2.14 bits per heavy atom. The summed E-state index contributed by atoms with van der Waals surface area (Å²) in [6.45, 7) is 3.17. The largest absolute Gasteiger partial charge is 0.396 e. The lowest BCUT2D eigenvalue weighted by molar-refractivity contribution is -0.113. The highest BCUT2D eigenvalue weighted by Gasteiger charge is 1.90. The van der Waals surface area contributed by atoms with Gasteiger partial charge in [0.2, 0.25) is 0 Å². The molecule has 2 nitrogen and oxygen atoms in total. The van der Waals surface area contributed by atoms with Crippen LogP contribution in [-0.2, 0) is 4.79 Å². The van der Waals surface area contributed by atoms with Crippen LogP contribution in [0.1, 0.15) is 13.8 Å². The lowest BCUT2D eigenvalue weighted by Gasteiger charge is -1.86. The fourth-order valence-electron chi connectivity index (χ4n) is 0.203. The van der Waals surface area contributed by atoms with Gasteiger partial charge in [-0.3, -0.25) is 4.79 Å². The van der Waals surface area contributed by atoms with E-state index >= 15 is 0 Å². The molecule has 0 aromatic carbocycles. The Morgan fingerprint density at radius 1 is 1.71 bits per heavy atom. The summed E-state index contributed by atoms with van der Waals surface area (Å²) in [4.78, 5) is 10.2. The van der Waals surface area contributed by atoms with Crippen LogP contribution in [0.25, 0.3) is 0 Å². The third kappa shape index (κ3) is 1.98. The molecule has 2 N–H and O–H groups in total. The number of nitrogens with two attached hydrogens (primary N) is 1. The van der Waals surface area contributed by atoms with Crippen molar-refractivity contribution < 1.29 is 4.79 Å². The Labute approximate surface area is 43.0 Å². The van der Waals surface area contributed by atoms with Crippen molar-refractivity contribution in [2.75, 3.05) is 0 Å². The van der Waals surface area contributed by atoms with E-state index in [0.29, 0.717) is 5.70 Å². The third-order valence-corrected chi connectivity index (χ3v) is 0.718. The lowest BCUT2D eigenvalue weighted by Crippen LogP contribution is -2.05. The highest BCUT2D eigenvalue weighted by Crippen LogP contribution is 1.81. The summed E-state index contributed by atoms with van der Waals surface area (Å²) < 4.78 is 0. The van der Waals surface area contributed by atoms with E-state index in [2.05, 4.69) is 0 Å². The Kier molecular flexibility index (Phi) is 2.12. The van der Waals surface area contributed by atoms with Crippen molar-refractivity contribution in [1.82, 2.24) is 0 Å². The molecule has 2 heteroatoms. The van der Waals surface area contributed by atoms with Crippen molar-refractivity contribution in [3.8, 4) is 0 Å². The summed E-state index contributed by atoms with van der Waals surface area (Å²) in [5.74, 6) is -0.0671. The summed E-state index contributed by atoms with van der Waals surface area (Å²) in [7, 11) is 0. The number of Topliss-reactive ketones (excluding diaryl/α,β-unsaturated/α-hetero) is 1. The van der Waals surface area contributed by atoms with Gasteiger partial charge in [0.05, 0.1) is 5.70 Å². The van der Waals surface area contributed by atoms with Gasteiger partial charge in [0.15, 0.2) is 5.78 Å². The smallest absolute Gasteiger partial charge is 0.175 e. The molecular formula is C5H9NO. The molecule has 0 aromatic heterocycles. The highest BCUT2D eigenvalue weighted by atomic mass is 16.1. The minimum atomic E-state index is -0.0671. The highest BCUT2D eigenvalue weighted by molar-refractivity contribution is 5.92. The van der Waals surface area contributed by atoms with E-state index in [1.54, 1.807) is 13.0 Å². The quantitative estimate of drug-likeness (QED) is 0.484. The van der Waals surface area contributed by atoms with E-state index < -0.39 is 0 Å². The van der Waals surface area contributed by atoms with Gasteiger partial charge in [0.1, 0.15) is 0 Å². The van der Waals surface area contributed by atoms with E-state index in [0.717, 1.165) is 0 Å². The Morgan fingerprint density at radius 2 is 2.14 bits per heavy atom. The van der Waals surface area contributed by atoms with Gasteiger partial charge in [-0.25, -0.2) is 0 Å². The van der Waals surface area contributed by atoms with Gasteiger partial charge in [-0.15, -0.1) is 0 Å². The fraction of sp³-hybridized carbons (Fsp3) is 0.400. The zero-order chi connectivity index (χ0) is 5.86. The van der Waals surface area contributed by atoms with Crippen LogP contribution in [0.4, 0.5) is 0 Å². The Hall–Kier alpha value is -0.790. The molecule has 0 heterocycles. The van der Waals surface area contributed by atoms with Crippen molar-refractivity contribution in [2.24, 2.45) is 5.73 Å². The summed E-state index contributed by atoms with van der Waals surface area (Å²) in [5.41, 5.74) is 5.46. The molecule has 0 atom stereocenters. The fourth-order valence-corrected chi connectivity index (χ4v) is 0.203. The Bertz CT molecular complexity index is 105. The molecule has 0 amide bonds. The molecule has 0 aliphatic rings. The van der Waals surface area contributed by atoms with Crippen LogP contribution in [-0.4, -0.2) is 5.78 Å². The minimum Gasteiger partial charge on any atom is -0.396 e. The second kappa shape index (κ2) is 2.39. The molecule has 0 aliphatic heterocycles. The van der Waals surface area contributed by atoms with Crippen molar-refractivity contribution >= 4 is 5.78 Å². The minimum absolute atomic E-state index is 0.0671. The van der Waals surface area contributed by atoms with Gasteiger partial charge in [-0.1, -0.05) is 6.08 Å². The van der Waals surface area contributed by atoms with Gasteiger partial charge in [-0.2, -0.15) is 0 Å². The molecule has 0 unspecified atom stereocenters. The van der Waals surface area contributed by atoms with Crippen molar-refractivity contribution in [1.29, 1.82) is 0 Å². The first-order chi connectivity index (χ1) is 3.18. The summed E-state index contributed by atoms with van der Waals surface area (Å²) >= 11 is 0. The van der Waals surface area contributed by atoms with E-state index in [1.807, 2.05) is 0 Å². The number of allylic oxidation sites excluding steroid dienone is 2. The molecule has 0 saturated carbocycles. The molecule has 0 fully saturated rings. The molecule has 0 bridgehead atoms. The third-order valence-electron chi connectivity index (χ3n) is 0.718. The first-order valence-electron chi connectivity index (χ1n) is 2.11. The summed E-state index contributed by atoms with van der Waals surface area (Å²) in [6, 6.07) is 0. The monoisotopic (exact) mass is 99.1 g/mol. The van der Waals surface area contributed by atoms with Gasteiger partial charge in [0, 0.05) is 6.92 Å². The predicted molar refractivity (Wildman–Crippen MR) is 28.6 cm³/mol. The number of rotatable bonds is 1. The molecular weight excluding hydrogens is 90.1 g/mol. The van der Waals surface area contributed by atoms with Crippen molar-refractivity contribution in [2.45, 2.75) is 13.8 Å². The van der Waals surface area contributed by atoms with Gasteiger partial charge < -0.3 is 5.73 Å². The number of carbonyl (C=O) groups is 1. The molecule has 7 heavy (non-hydrogen) atoms. The van der Waals surface area contributed by atoms with Crippen LogP contribution >= 0.6 is 0 Å². The van der Waals surface area contributed by atoms with Crippen LogP contribution in [0, 0.1) is 0 Å². The van der Waals surface area contributed by atoms with E-state index in [-0.39, 0.29) is 5.78 Å². The second-order valence-electron chi connectivity index (χ2n) is 1.30. The summed E-state index contributed by atoms with van der Waals surface area (Å²) in [5, 5.41) is 0. The normalized spacial score (nSPS) is 11.4. The number of hydrogen-bond donors (Lipinski definition) is 1. The van der Waals surface area contributed by atoms with E-state index in [4.69, 9.17) is 5.73 Å².